The molecule has 21 heavy (non-hydrogen) atoms. The van der Waals surface area contributed by atoms with Gasteiger partial charge in [0.05, 0.1) is 24.1 Å². The molecule has 0 saturated heterocycles. The van der Waals surface area contributed by atoms with Crippen LogP contribution in [0.2, 0.25) is 5.02 Å². The zero-order valence-corrected chi connectivity index (χ0v) is 13.6. The van der Waals surface area contributed by atoms with Gasteiger partial charge in [-0.25, -0.2) is 0 Å². The lowest BCUT2D eigenvalue weighted by atomic mass is 9.96. The van der Waals surface area contributed by atoms with Gasteiger partial charge in [-0.1, -0.05) is 17.7 Å². The third-order valence-corrected chi connectivity index (χ3v) is 4.68. The Morgan fingerprint density at radius 2 is 2.10 bits per heavy atom. The largest absolute Gasteiger partial charge is 0.497 e. The van der Waals surface area contributed by atoms with Gasteiger partial charge >= 0.3 is 0 Å². The van der Waals surface area contributed by atoms with Crippen LogP contribution in [0.1, 0.15) is 28.4 Å². The van der Waals surface area contributed by atoms with Crippen molar-refractivity contribution in [3.8, 4) is 11.5 Å². The Hall–Kier alpha value is -1.52. The van der Waals surface area contributed by atoms with Crippen LogP contribution in [0.4, 0.5) is 0 Å². The lowest BCUT2D eigenvalue weighted by Gasteiger charge is -2.26. The van der Waals surface area contributed by atoms with Crippen LogP contribution >= 0.6 is 27.5 Å². The van der Waals surface area contributed by atoms with Gasteiger partial charge in [0.25, 0.3) is 0 Å². The molecule has 2 aromatic carbocycles. The van der Waals surface area contributed by atoms with Crippen LogP contribution in [0, 0.1) is 0 Å². The predicted molar refractivity (Wildman–Crippen MR) is 84.5 cm³/mol. The summed E-state index contributed by atoms with van der Waals surface area (Å²) < 4.78 is 11.9. The highest BCUT2D eigenvalue weighted by molar-refractivity contribution is 9.10. The summed E-state index contributed by atoms with van der Waals surface area (Å²) in [5, 5.41) is 0.601. The predicted octanol–water partition coefficient (Wildman–Crippen LogP) is 4.82. The van der Waals surface area contributed by atoms with E-state index in [1.165, 1.54) is 0 Å². The Morgan fingerprint density at radius 1 is 1.29 bits per heavy atom. The van der Waals surface area contributed by atoms with E-state index in [9.17, 15) is 4.79 Å². The summed E-state index contributed by atoms with van der Waals surface area (Å²) in [4.78, 5) is 12.3. The van der Waals surface area contributed by atoms with E-state index in [2.05, 4.69) is 15.9 Å². The Morgan fingerprint density at radius 3 is 2.81 bits per heavy atom. The number of benzene rings is 2. The van der Waals surface area contributed by atoms with Crippen LogP contribution in [0.3, 0.4) is 0 Å². The average molecular weight is 368 g/mol. The van der Waals surface area contributed by atoms with Gasteiger partial charge in [0.15, 0.2) is 5.78 Å². The number of rotatable bonds is 2. The molecule has 1 heterocycles. The molecular formula is C16H12BrClO3. The Bertz CT molecular complexity index is 715. The number of hydrogen-bond acceptors (Lipinski definition) is 3. The van der Waals surface area contributed by atoms with Gasteiger partial charge in [0.1, 0.15) is 17.6 Å². The highest BCUT2D eigenvalue weighted by atomic mass is 79.9. The van der Waals surface area contributed by atoms with Crippen molar-refractivity contribution in [1.82, 2.24) is 0 Å². The molecule has 5 heteroatoms. The zero-order valence-electron chi connectivity index (χ0n) is 11.2. The minimum Gasteiger partial charge on any atom is -0.497 e. The normalized spacial score (nSPS) is 17.1. The number of methoxy groups -OCH3 is 1. The maximum absolute atomic E-state index is 12.3. The quantitative estimate of drug-likeness (QED) is 0.763. The fraction of sp³-hybridized carbons (Fsp3) is 0.188. The maximum atomic E-state index is 12.3. The van der Waals surface area contributed by atoms with Gasteiger partial charge in [0, 0.05) is 4.47 Å². The first kappa shape index (κ1) is 14.4. The first-order valence-electron chi connectivity index (χ1n) is 6.41. The maximum Gasteiger partial charge on any atom is 0.170 e. The Kier molecular flexibility index (Phi) is 3.91. The summed E-state index contributed by atoms with van der Waals surface area (Å²) >= 11 is 9.46. The molecule has 1 atom stereocenters. The molecule has 0 amide bonds. The molecule has 0 spiro atoms. The van der Waals surface area contributed by atoms with Crippen molar-refractivity contribution in [2.24, 2.45) is 0 Å². The van der Waals surface area contributed by atoms with E-state index in [4.69, 9.17) is 21.1 Å². The van der Waals surface area contributed by atoms with Crippen LogP contribution in [-0.2, 0) is 0 Å². The lowest BCUT2D eigenvalue weighted by molar-refractivity contribution is 0.0849. The molecule has 0 bridgehead atoms. The number of halogens is 2. The smallest absolute Gasteiger partial charge is 0.170 e. The summed E-state index contributed by atoms with van der Waals surface area (Å²) in [7, 11) is 1.57. The second-order valence-corrected chi connectivity index (χ2v) is 6.03. The number of ether oxygens (including phenoxy) is 2. The second kappa shape index (κ2) is 5.70. The van der Waals surface area contributed by atoms with Gasteiger partial charge in [-0.15, -0.1) is 0 Å². The topological polar surface area (TPSA) is 35.5 Å². The van der Waals surface area contributed by atoms with E-state index in [1.807, 2.05) is 18.2 Å². The number of fused-ring (bicyclic) bond motifs is 1. The molecular weight excluding hydrogens is 356 g/mol. The molecule has 0 saturated carbocycles. The molecule has 1 aliphatic rings. The van der Waals surface area contributed by atoms with Gasteiger partial charge in [-0.3, -0.25) is 4.79 Å². The molecule has 1 unspecified atom stereocenters. The van der Waals surface area contributed by atoms with E-state index < -0.39 is 0 Å². The zero-order chi connectivity index (χ0) is 15.0. The standard InChI is InChI=1S/C16H12BrClO3/c1-20-10-3-5-15-11(7-10)14(19)8-16(21-15)9-2-4-12(17)13(18)6-9/h2-7,16H,8H2,1H3. The monoisotopic (exact) mass is 366 g/mol. The van der Waals surface area contributed by atoms with Crippen molar-refractivity contribution in [1.29, 1.82) is 0 Å². The summed E-state index contributed by atoms with van der Waals surface area (Å²) in [5.41, 5.74) is 1.45. The van der Waals surface area contributed by atoms with Crippen LogP contribution in [0.15, 0.2) is 40.9 Å². The van der Waals surface area contributed by atoms with E-state index in [0.29, 0.717) is 22.1 Å². The third-order valence-electron chi connectivity index (χ3n) is 3.44. The van der Waals surface area contributed by atoms with Gasteiger partial charge < -0.3 is 9.47 Å². The molecule has 0 aromatic heterocycles. The van der Waals surface area contributed by atoms with E-state index in [-0.39, 0.29) is 18.3 Å². The average Bonchev–Trinajstić information content (AvgIpc) is 2.49. The lowest BCUT2D eigenvalue weighted by Crippen LogP contribution is -2.20. The summed E-state index contributed by atoms with van der Waals surface area (Å²) in [5.74, 6) is 1.27. The van der Waals surface area contributed by atoms with Crippen LogP contribution in [0.25, 0.3) is 0 Å². The van der Waals surface area contributed by atoms with Gasteiger partial charge in [0.2, 0.25) is 0 Å². The molecule has 108 valence electrons. The number of ketones is 1. The first-order valence-corrected chi connectivity index (χ1v) is 7.58. The Balaban J connectivity index is 1.94. The van der Waals surface area contributed by atoms with Crippen molar-refractivity contribution >= 4 is 33.3 Å². The van der Waals surface area contributed by atoms with E-state index >= 15 is 0 Å². The molecule has 0 aliphatic carbocycles. The third kappa shape index (κ3) is 2.78. The number of hydrogen-bond donors (Lipinski definition) is 0. The first-order chi connectivity index (χ1) is 10.1. The van der Waals surface area contributed by atoms with Crippen LogP contribution in [0.5, 0.6) is 11.5 Å². The molecule has 0 N–H and O–H groups in total. The number of carbonyl (C=O) groups excluding carboxylic acids is 1. The molecule has 2 aromatic rings. The molecule has 3 rings (SSSR count). The second-order valence-electron chi connectivity index (χ2n) is 4.77. The van der Waals surface area contributed by atoms with Crippen LogP contribution in [-0.4, -0.2) is 12.9 Å². The Labute approximate surface area is 136 Å². The van der Waals surface area contributed by atoms with Crippen molar-refractivity contribution in [3.05, 3.63) is 57.0 Å². The highest BCUT2D eigenvalue weighted by Crippen LogP contribution is 2.38. The van der Waals surface area contributed by atoms with Crippen molar-refractivity contribution in [3.63, 3.8) is 0 Å². The van der Waals surface area contributed by atoms with Gasteiger partial charge in [-0.05, 0) is 51.8 Å². The molecule has 3 nitrogen and oxygen atoms in total. The summed E-state index contributed by atoms with van der Waals surface area (Å²) in [6.45, 7) is 0. The van der Waals surface area contributed by atoms with Crippen molar-refractivity contribution in [2.45, 2.75) is 12.5 Å². The fourth-order valence-corrected chi connectivity index (χ4v) is 2.76. The molecule has 0 radical (unpaired) electrons. The minimum absolute atomic E-state index is 0.0409. The van der Waals surface area contributed by atoms with Crippen molar-refractivity contribution in [2.75, 3.05) is 7.11 Å². The number of carbonyl (C=O) groups is 1. The van der Waals surface area contributed by atoms with Crippen LogP contribution < -0.4 is 9.47 Å². The van der Waals surface area contributed by atoms with Gasteiger partial charge in [-0.2, -0.15) is 0 Å². The van der Waals surface area contributed by atoms with Crippen molar-refractivity contribution < 1.29 is 14.3 Å². The highest BCUT2D eigenvalue weighted by Gasteiger charge is 2.28. The number of Topliss-reactive ketones (excluding diaryl/α,β-unsaturated/α-hetero) is 1. The summed E-state index contributed by atoms with van der Waals surface area (Å²) in [6, 6.07) is 10.8. The van der Waals surface area contributed by atoms with E-state index in [1.54, 1.807) is 25.3 Å². The SMILES string of the molecule is COc1ccc2c(c1)C(=O)CC(c1ccc(Br)c(Cl)c1)O2. The fourth-order valence-electron chi connectivity index (χ4n) is 2.33. The minimum atomic E-state index is -0.316. The van der Waals surface area contributed by atoms with E-state index in [0.717, 1.165) is 10.0 Å². The molecule has 0 fully saturated rings. The summed E-state index contributed by atoms with van der Waals surface area (Å²) in [6.07, 6.45) is -0.0259. The molecule has 1 aliphatic heterocycles.